The highest BCUT2D eigenvalue weighted by Crippen LogP contribution is 2.13. The topological polar surface area (TPSA) is 80.9 Å². The molecule has 0 saturated carbocycles. The van der Waals surface area contributed by atoms with E-state index in [0.29, 0.717) is 10.2 Å². The van der Waals surface area contributed by atoms with Crippen molar-refractivity contribution in [1.82, 2.24) is 9.55 Å². The lowest BCUT2D eigenvalue weighted by molar-refractivity contribution is -0.118. The molecule has 0 unspecified atom stereocenters. The number of carbonyl (C=O) groups excluding carboxylic acids is 1. The van der Waals surface area contributed by atoms with Gasteiger partial charge in [0, 0.05) is 0 Å². The van der Waals surface area contributed by atoms with Crippen LogP contribution in [0.25, 0.3) is 10.2 Å². The van der Waals surface area contributed by atoms with Crippen LogP contribution in [0.15, 0.2) is 16.2 Å². The first-order valence-electron chi connectivity index (χ1n) is 4.08. The molecule has 0 aliphatic rings. The minimum absolute atomic E-state index is 0.192. The molecule has 2 aromatic heterocycles. The Morgan fingerprint density at radius 3 is 3.07 bits per heavy atom. The Morgan fingerprint density at radius 2 is 2.40 bits per heavy atom. The number of hydrogen-bond acceptors (Lipinski definition) is 4. The molecule has 15 heavy (non-hydrogen) atoms. The highest BCUT2D eigenvalue weighted by molar-refractivity contribution is 7.71. The summed E-state index contributed by atoms with van der Waals surface area (Å²) in [6, 6.07) is 1.77. The molecule has 0 bridgehead atoms. The average molecular weight is 241 g/mol. The van der Waals surface area contributed by atoms with Gasteiger partial charge in [0.25, 0.3) is 5.56 Å². The summed E-state index contributed by atoms with van der Waals surface area (Å²) < 4.78 is 1.92. The van der Waals surface area contributed by atoms with Crippen molar-refractivity contribution in [2.45, 2.75) is 6.54 Å². The predicted molar refractivity (Wildman–Crippen MR) is 60.5 cm³/mol. The van der Waals surface area contributed by atoms with Gasteiger partial charge in [0.15, 0.2) is 4.77 Å². The van der Waals surface area contributed by atoms with Crippen LogP contribution in [-0.4, -0.2) is 15.5 Å². The molecule has 2 rings (SSSR count). The average Bonchev–Trinajstić information content (AvgIpc) is 2.59. The number of nitrogens with two attached hydrogens (primary N) is 1. The van der Waals surface area contributed by atoms with Crippen molar-refractivity contribution in [3.8, 4) is 0 Å². The number of carbonyl (C=O) groups is 1. The Balaban J connectivity index is 2.78. The van der Waals surface area contributed by atoms with Crippen molar-refractivity contribution in [3.05, 3.63) is 26.6 Å². The number of thiophene rings is 1. The molecule has 0 aliphatic carbocycles. The third-order valence-electron chi connectivity index (χ3n) is 1.91. The minimum atomic E-state index is -0.590. The Bertz CT molecular complexity index is 637. The van der Waals surface area contributed by atoms with Gasteiger partial charge in [-0.1, -0.05) is 0 Å². The van der Waals surface area contributed by atoms with Crippen molar-refractivity contribution < 1.29 is 4.79 Å². The van der Waals surface area contributed by atoms with E-state index in [1.807, 2.05) is 0 Å². The Labute approximate surface area is 93.2 Å². The first-order valence-corrected chi connectivity index (χ1v) is 5.37. The van der Waals surface area contributed by atoms with Gasteiger partial charge in [-0.3, -0.25) is 14.2 Å². The number of H-pyrrole nitrogens is 1. The fourth-order valence-corrected chi connectivity index (χ4v) is 2.32. The standard InChI is InChI=1S/C8H7N3O2S2/c9-5(12)3-11-7(13)6-4(1-2-15-6)10-8(11)14/h1-2H,3H2,(H2,9,12)(H,10,14). The van der Waals surface area contributed by atoms with Crippen LogP contribution in [-0.2, 0) is 11.3 Å². The van der Waals surface area contributed by atoms with Crippen LogP contribution in [0.3, 0.4) is 0 Å². The molecule has 2 aromatic rings. The molecule has 0 atom stereocenters. The zero-order valence-electron chi connectivity index (χ0n) is 7.52. The molecule has 0 aromatic carbocycles. The summed E-state index contributed by atoms with van der Waals surface area (Å²) in [5.74, 6) is -0.590. The van der Waals surface area contributed by atoms with Gasteiger partial charge >= 0.3 is 0 Å². The molecule has 0 fully saturated rings. The summed E-state index contributed by atoms with van der Waals surface area (Å²) in [6.45, 7) is -0.192. The Hall–Kier alpha value is -1.47. The smallest absolute Gasteiger partial charge is 0.272 e. The number of nitrogens with one attached hydrogen (secondary N) is 1. The van der Waals surface area contributed by atoms with Crippen LogP contribution in [0.5, 0.6) is 0 Å². The van der Waals surface area contributed by atoms with Crippen molar-refractivity contribution in [2.75, 3.05) is 0 Å². The third-order valence-corrected chi connectivity index (χ3v) is 3.13. The molecule has 0 radical (unpaired) electrons. The van der Waals surface area contributed by atoms with E-state index in [9.17, 15) is 9.59 Å². The van der Waals surface area contributed by atoms with E-state index in [1.54, 1.807) is 11.4 Å². The van der Waals surface area contributed by atoms with Crippen LogP contribution in [0.2, 0.25) is 0 Å². The molecule has 2 heterocycles. The first kappa shape index (κ1) is 10.1. The Kier molecular flexibility index (Phi) is 2.41. The van der Waals surface area contributed by atoms with Crippen molar-refractivity contribution in [1.29, 1.82) is 0 Å². The summed E-state index contributed by atoms with van der Waals surface area (Å²) in [7, 11) is 0. The van der Waals surface area contributed by atoms with Gasteiger partial charge in [-0.2, -0.15) is 0 Å². The molecule has 78 valence electrons. The fraction of sp³-hybridized carbons (Fsp3) is 0.125. The lowest BCUT2D eigenvalue weighted by atomic mass is 10.4. The maximum absolute atomic E-state index is 11.8. The second-order valence-corrected chi connectivity index (χ2v) is 4.25. The van der Waals surface area contributed by atoms with Crippen molar-refractivity contribution in [3.63, 3.8) is 0 Å². The zero-order valence-corrected chi connectivity index (χ0v) is 9.15. The summed E-state index contributed by atoms with van der Waals surface area (Å²) in [5.41, 5.74) is 5.44. The van der Waals surface area contributed by atoms with Gasteiger partial charge < -0.3 is 10.7 Å². The molecule has 5 nitrogen and oxygen atoms in total. The van der Waals surface area contributed by atoms with Gasteiger partial charge in [-0.05, 0) is 23.7 Å². The fourth-order valence-electron chi connectivity index (χ4n) is 1.27. The monoisotopic (exact) mass is 241 g/mol. The van der Waals surface area contributed by atoms with Crippen molar-refractivity contribution >= 4 is 39.7 Å². The molecule has 1 amide bonds. The summed E-state index contributed by atoms with van der Waals surface area (Å²) in [5, 5.41) is 1.78. The van der Waals surface area contributed by atoms with E-state index in [1.165, 1.54) is 11.3 Å². The van der Waals surface area contributed by atoms with Gasteiger partial charge in [0.2, 0.25) is 5.91 Å². The maximum Gasteiger partial charge on any atom is 0.272 e. The summed E-state index contributed by atoms with van der Waals surface area (Å²) in [4.78, 5) is 25.4. The number of rotatable bonds is 2. The van der Waals surface area contributed by atoms with E-state index in [0.717, 1.165) is 4.57 Å². The minimum Gasteiger partial charge on any atom is -0.368 e. The highest BCUT2D eigenvalue weighted by atomic mass is 32.1. The van der Waals surface area contributed by atoms with Crippen LogP contribution < -0.4 is 11.3 Å². The lowest BCUT2D eigenvalue weighted by Crippen LogP contribution is -2.28. The zero-order chi connectivity index (χ0) is 11.0. The number of nitrogens with zero attached hydrogens (tertiary/aromatic N) is 1. The van der Waals surface area contributed by atoms with E-state index >= 15 is 0 Å². The van der Waals surface area contributed by atoms with Crippen LogP contribution >= 0.6 is 23.6 Å². The van der Waals surface area contributed by atoms with Gasteiger partial charge in [-0.25, -0.2) is 0 Å². The molecule has 3 N–H and O–H groups in total. The van der Waals surface area contributed by atoms with Gasteiger partial charge in [0.1, 0.15) is 11.2 Å². The number of hydrogen-bond donors (Lipinski definition) is 2. The third kappa shape index (κ3) is 1.71. The highest BCUT2D eigenvalue weighted by Gasteiger charge is 2.07. The largest absolute Gasteiger partial charge is 0.368 e. The quantitative estimate of drug-likeness (QED) is 0.756. The molecule has 0 spiro atoms. The number of aromatic nitrogens is 2. The van der Waals surface area contributed by atoms with Crippen LogP contribution in [0, 0.1) is 4.77 Å². The first-order chi connectivity index (χ1) is 7.09. The lowest BCUT2D eigenvalue weighted by Gasteiger charge is -2.02. The maximum atomic E-state index is 11.8. The Morgan fingerprint density at radius 1 is 1.67 bits per heavy atom. The van der Waals surface area contributed by atoms with Gasteiger partial charge in [0.05, 0.1) is 5.52 Å². The van der Waals surface area contributed by atoms with Crippen LogP contribution in [0.4, 0.5) is 0 Å². The number of amides is 1. The molecular weight excluding hydrogens is 234 g/mol. The molecular formula is C8H7N3O2S2. The summed E-state index contributed by atoms with van der Waals surface area (Å²) >= 11 is 6.26. The van der Waals surface area contributed by atoms with E-state index < -0.39 is 5.91 Å². The SMILES string of the molecule is NC(=O)Cn1c(=S)[nH]c2ccsc2c1=O. The molecule has 0 aliphatic heterocycles. The van der Waals surface area contributed by atoms with Gasteiger partial charge in [-0.15, -0.1) is 11.3 Å². The normalized spacial score (nSPS) is 10.7. The number of aromatic amines is 1. The van der Waals surface area contributed by atoms with E-state index in [4.69, 9.17) is 18.0 Å². The molecule has 0 saturated heterocycles. The van der Waals surface area contributed by atoms with Crippen molar-refractivity contribution in [2.24, 2.45) is 5.73 Å². The van der Waals surface area contributed by atoms with Crippen LogP contribution in [0.1, 0.15) is 0 Å². The summed E-state index contributed by atoms with van der Waals surface area (Å²) in [6.07, 6.45) is 0. The predicted octanol–water partition coefficient (Wildman–Crippen LogP) is 0.606. The number of fused-ring (bicyclic) bond motifs is 1. The second-order valence-electron chi connectivity index (χ2n) is 2.95. The number of primary amides is 1. The second kappa shape index (κ2) is 3.59. The van der Waals surface area contributed by atoms with E-state index in [2.05, 4.69) is 4.98 Å². The molecule has 7 heteroatoms. The van der Waals surface area contributed by atoms with E-state index in [-0.39, 0.29) is 16.9 Å².